The summed E-state index contributed by atoms with van der Waals surface area (Å²) in [6.07, 6.45) is 0.980. The van der Waals surface area contributed by atoms with Gasteiger partial charge < -0.3 is 15.5 Å². The van der Waals surface area contributed by atoms with E-state index in [1.807, 2.05) is 45.3 Å². The second-order valence-corrected chi connectivity index (χ2v) is 7.03. The second-order valence-electron chi connectivity index (χ2n) is 7.03. The summed E-state index contributed by atoms with van der Waals surface area (Å²) >= 11 is 0. The molecular weight excluding hydrogens is 326 g/mol. The van der Waals surface area contributed by atoms with Crippen LogP contribution >= 0.6 is 0 Å². The maximum atomic E-state index is 12.5. The number of amides is 1. The zero-order valence-corrected chi connectivity index (χ0v) is 16.3. The van der Waals surface area contributed by atoms with Crippen LogP contribution in [-0.2, 0) is 0 Å². The van der Waals surface area contributed by atoms with Crippen LogP contribution in [-0.4, -0.2) is 48.0 Å². The smallest absolute Gasteiger partial charge is 0.274 e. The van der Waals surface area contributed by atoms with Gasteiger partial charge in [-0.3, -0.25) is 4.79 Å². The fraction of sp³-hybridized carbons (Fsp3) is 0.450. The van der Waals surface area contributed by atoms with Crippen molar-refractivity contribution < 1.29 is 4.79 Å². The summed E-state index contributed by atoms with van der Waals surface area (Å²) in [6, 6.07) is 9.60. The molecule has 2 N–H and O–H groups in total. The number of benzene rings is 1. The molecule has 140 valence electrons. The van der Waals surface area contributed by atoms with E-state index in [9.17, 15) is 4.79 Å². The summed E-state index contributed by atoms with van der Waals surface area (Å²) in [5.41, 5.74) is 3.12. The van der Waals surface area contributed by atoms with Crippen LogP contribution in [0.1, 0.15) is 47.9 Å². The van der Waals surface area contributed by atoms with Crippen LogP contribution < -0.4 is 10.6 Å². The van der Waals surface area contributed by atoms with E-state index in [1.165, 1.54) is 5.56 Å². The molecule has 26 heavy (non-hydrogen) atoms. The number of anilines is 2. The minimum Gasteiger partial charge on any atom is -0.354 e. The van der Waals surface area contributed by atoms with E-state index < -0.39 is 0 Å². The molecule has 1 aromatic carbocycles. The van der Waals surface area contributed by atoms with Crippen molar-refractivity contribution in [2.75, 3.05) is 37.8 Å². The van der Waals surface area contributed by atoms with E-state index in [2.05, 4.69) is 39.3 Å². The highest BCUT2D eigenvalue weighted by Crippen LogP contribution is 2.17. The van der Waals surface area contributed by atoms with Gasteiger partial charge in [-0.2, -0.15) is 0 Å². The van der Waals surface area contributed by atoms with Gasteiger partial charge in [-0.25, -0.2) is 9.97 Å². The van der Waals surface area contributed by atoms with Crippen molar-refractivity contribution in [3.8, 4) is 0 Å². The highest BCUT2D eigenvalue weighted by molar-refractivity contribution is 6.03. The first-order chi connectivity index (χ1) is 12.3. The Kier molecular flexibility index (Phi) is 7.09. The molecule has 0 saturated carbocycles. The summed E-state index contributed by atoms with van der Waals surface area (Å²) in [4.78, 5) is 23.3. The summed E-state index contributed by atoms with van der Waals surface area (Å²) in [5.74, 6) is 0.721. The van der Waals surface area contributed by atoms with Gasteiger partial charge in [-0.1, -0.05) is 26.0 Å². The fourth-order valence-corrected chi connectivity index (χ4v) is 2.51. The Balaban J connectivity index is 2.01. The molecule has 1 aromatic heterocycles. The van der Waals surface area contributed by atoms with Gasteiger partial charge in [0.2, 0.25) is 5.95 Å². The third-order valence-electron chi connectivity index (χ3n) is 3.99. The molecule has 0 unspecified atom stereocenters. The molecule has 2 aromatic rings. The second kappa shape index (κ2) is 9.29. The summed E-state index contributed by atoms with van der Waals surface area (Å²) in [5, 5.41) is 6.09. The number of carbonyl (C=O) groups excluding carboxylic acids is 1. The van der Waals surface area contributed by atoms with Gasteiger partial charge in [0.15, 0.2) is 0 Å². The molecule has 0 aliphatic rings. The van der Waals surface area contributed by atoms with Gasteiger partial charge in [0.1, 0.15) is 5.69 Å². The maximum Gasteiger partial charge on any atom is 0.274 e. The molecule has 2 rings (SSSR count). The lowest BCUT2D eigenvalue weighted by molar-refractivity contribution is 0.102. The molecule has 6 nitrogen and oxygen atoms in total. The van der Waals surface area contributed by atoms with Crippen molar-refractivity contribution in [3.63, 3.8) is 0 Å². The Bertz CT molecular complexity index is 725. The predicted molar refractivity (Wildman–Crippen MR) is 107 cm³/mol. The van der Waals surface area contributed by atoms with Crippen LogP contribution in [0.5, 0.6) is 0 Å². The van der Waals surface area contributed by atoms with E-state index in [4.69, 9.17) is 0 Å². The Hall–Kier alpha value is -2.47. The fourth-order valence-electron chi connectivity index (χ4n) is 2.51. The third kappa shape index (κ3) is 6.11. The minimum absolute atomic E-state index is 0.232. The number of nitrogens with one attached hydrogen (secondary N) is 2. The van der Waals surface area contributed by atoms with Crippen molar-refractivity contribution in [3.05, 3.63) is 47.3 Å². The van der Waals surface area contributed by atoms with E-state index >= 15 is 0 Å². The van der Waals surface area contributed by atoms with Gasteiger partial charge in [0.25, 0.3) is 5.91 Å². The van der Waals surface area contributed by atoms with Crippen LogP contribution in [0.15, 0.2) is 30.3 Å². The number of aromatic nitrogens is 2. The van der Waals surface area contributed by atoms with Crippen molar-refractivity contribution in [1.29, 1.82) is 0 Å². The van der Waals surface area contributed by atoms with E-state index in [-0.39, 0.29) is 5.91 Å². The SMILES string of the molecule is Cc1cc(C(=O)Nc2ccc(C(C)C)cc2)nc(NCCCN(C)C)n1. The average molecular weight is 355 g/mol. The van der Waals surface area contributed by atoms with Gasteiger partial charge in [-0.05, 0) is 63.7 Å². The van der Waals surface area contributed by atoms with E-state index in [1.54, 1.807) is 6.07 Å². The molecule has 0 spiro atoms. The zero-order valence-electron chi connectivity index (χ0n) is 16.3. The highest BCUT2D eigenvalue weighted by atomic mass is 16.1. The van der Waals surface area contributed by atoms with Crippen molar-refractivity contribution in [1.82, 2.24) is 14.9 Å². The predicted octanol–water partition coefficient (Wildman–Crippen LogP) is 3.52. The first-order valence-corrected chi connectivity index (χ1v) is 9.00. The monoisotopic (exact) mass is 355 g/mol. The van der Waals surface area contributed by atoms with Gasteiger partial charge in [0.05, 0.1) is 0 Å². The van der Waals surface area contributed by atoms with Gasteiger partial charge >= 0.3 is 0 Å². The molecule has 0 bridgehead atoms. The molecule has 0 aliphatic carbocycles. The van der Waals surface area contributed by atoms with Crippen LogP contribution in [0, 0.1) is 6.92 Å². The molecule has 0 radical (unpaired) electrons. The van der Waals surface area contributed by atoms with Crippen LogP contribution in [0.4, 0.5) is 11.6 Å². The quantitative estimate of drug-likeness (QED) is 0.709. The number of hydrogen-bond acceptors (Lipinski definition) is 5. The lowest BCUT2D eigenvalue weighted by Crippen LogP contribution is -2.19. The molecule has 0 aliphatic heterocycles. The standard InChI is InChI=1S/C20H29N5O/c1-14(2)16-7-9-17(10-8-16)23-19(26)18-13-15(3)22-20(24-18)21-11-6-12-25(4)5/h7-10,13-14H,6,11-12H2,1-5H3,(H,23,26)(H,21,22,24). The number of carbonyl (C=O) groups is 1. The average Bonchev–Trinajstić information content (AvgIpc) is 2.58. The van der Waals surface area contributed by atoms with Gasteiger partial charge in [-0.15, -0.1) is 0 Å². The van der Waals surface area contributed by atoms with E-state index in [0.29, 0.717) is 17.6 Å². The molecule has 1 amide bonds. The maximum absolute atomic E-state index is 12.5. The Labute approximate surface area is 156 Å². The topological polar surface area (TPSA) is 70.2 Å². The van der Waals surface area contributed by atoms with Crippen molar-refractivity contribution in [2.45, 2.75) is 33.1 Å². The summed E-state index contributed by atoms with van der Waals surface area (Å²) < 4.78 is 0. The Morgan fingerprint density at radius 2 is 1.85 bits per heavy atom. The van der Waals surface area contributed by atoms with Gasteiger partial charge in [0, 0.05) is 17.9 Å². The van der Waals surface area contributed by atoms with Crippen molar-refractivity contribution >= 4 is 17.5 Å². The summed E-state index contributed by atoms with van der Waals surface area (Å²) in [7, 11) is 4.08. The Morgan fingerprint density at radius 3 is 2.46 bits per heavy atom. The lowest BCUT2D eigenvalue weighted by Gasteiger charge is -2.11. The number of nitrogens with zero attached hydrogens (tertiary/aromatic N) is 3. The van der Waals surface area contributed by atoms with Crippen LogP contribution in [0.2, 0.25) is 0 Å². The summed E-state index contributed by atoms with van der Waals surface area (Å²) in [6.45, 7) is 7.90. The molecule has 0 atom stereocenters. The zero-order chi connectivity index (χ0) is 19.1. The molecule has 1 heterocycles. The highest BCUT2D eigenvalue weighted by Gasteiger charge is 2.11. The number of aryl methyl sites for hydroxylation is 1. The lowest BCUT2D eigenvalue weighted by atomic mass is 10.0. The first kappa shape index (κ1) is 19.8. The number of rotatable bonds is 8. The molecule has 0 fully saturated rings. The van der Waals surface area contributed by atoms with Crippen LogP contribution in [0.3, 0.4) is 0 Å². The molecule has 0 saturated heterocycles. The van der Waals surface area contributed by atoms with Crippen molar-refractivity contribution in [2.24, 2.45) is 0 Å². The largest absolute Gasteiger partial charge is 0.354 e. The molecule has 6 heteroatoms. The normalized spacial score (nSPS) is 11.0. The first-order valence-electron chi connectivity index (χ1n) is 9.00. The van der Waals surface area contributed by atoms with E-state index in [0.717, 1.165) is 30.9 Å². The Morgan fingerprint density at radius 1 is 1.15 bits per heavy atom. The van der Waals surface area contributed by atoms with Crippen LogP contribution in [0.25, 0.3) is 0 Å². The number of hydrogen-bond donors (Lipinski definition) is 2. The third-order valence-corrected chi connectivity index (χ3v) is 3.99. The molecular formula is C20H29N5O. The minimum atomic E-state index is -0.232.